The van der Waals surface area contributed by atoms with E-state index in [-0.39, 0.29) is 12.2 Å². The molecule has 9 heteroatoms. The van der Waals surface area contributed by atoms with Crippen molar-refractivity contribution >= 4 is 34.8 Å². The van der Waals surface area contributed by atoms with Gasteiger partial charge in [-0.3, -0.25) is 9.36 Å². The Morgan fingerprint density at radius 1 is 1.13 bits per heavy atom. The van der Waals surface area contributed by atoms with Gasteiger partial charge in [0.25, 0.3) is 5.56 Å². The number of aromatic nitrogens is 1. The van der Waals surface area contributed by atoms with Gasteiger partial charge in [-0.05, 0) is 55.3 Å². The fourth-order valence-corrected chi connectivity index (χ4v) is 5.86. The Kier molecular flexibility index (Phi) is 7.49. The fraction of sp³-hybridized carbons (Fsp3) is 0.345. The van der Waals surface area contributed by atoms with Gasteiger partial charge in [0.2, 0.25) is 0 Å². The molecule has 1 fully saturated rings. The van der Waals surface area contributed by atoms with Crippen LogP contribution in [0.5, 0.6) is 0 Å². The predicted octanol–water partition coefficient (Wildman–Crippen LogP) is 2.70. The minimum absolute atomic E-state index is 0.179. The van der Waals surface area contributed by atoms with Crippen LogP contribution in [-0.2, 0) is 14.3 Å². The van der Waals surface area contributed by atoms with Gasteiger partial charge in [-0.2, -0.15) is 0 Å². The van der Waals surface area contributed by atoms with E-state index in [1.807, 2.05) is 61.5 Å². The number of benzene rings is 2. The van der Waals surface area contributed by atoms with Crippen LogP contribution in [0.15, 0.2) is 69.6 Å². The van der Waals surface area contributed by atoms with Crippen molar-refractivity contribution in [3.63, 3.8) is 0 Å². The molecule has 1 saturated heterocycles. The highest BCUT2D eigenvalue weighted by atomic mass is 32.1. The smallest absolute Gasteiger partial charge is 0.338 e. The molecule has 3 heterocycles. The zero-order valence-corrected chi connectivity index (χ0v) is 23.0. The van der Waals surface area contributed by atoms with E-state index < -0.39 is 12.0 Å². The molecular weight excluding hydrogens is 500 g/mol. The van der Waals surface area contributed by atoms with Crippen molar-refractivity contribution in [1.29, 1.82) is 0 Å². The number of thiazole rings is 1. The third-order valence-electron chi connectivity index (χ3n) is 6.81. The van der Waals surface area contributed by atoms with Crippen LogP contribution in [0.1, 0.15) is 31.0 Å². The molecule has 1 atom stereocenters. The summed E-state index contributed by atoms with van der Waals surface area (Å²) in [4.78, 5) is 36.4. The molecule has 0 unspecified atom stereocenters. The molecule has 0 bridgehead atoms. The number of anilines is 2. The van der Waals surface area contributed by atoms with Gasteiger partial charge in [0.05, 0.1) is 41.7 Å². The lowest BCUT2D eigenvalue weighted by atomic mass is 9.95. The molecule has 3 aromatic rings. The van der Waals surface area contributed by atoms with Crippen molar-refractivity contribution in [3.05, 3.63) is 90.6 Å². The lowest BCUT2D eigenvalue weighted by Crippen LogP contribution is -2.40. The molecule has 0 spiro atoms. The molecule has 198 valence electrons. The van der Waals surface area contributed by atoms with Crippen LogP contribution in [0.25, 0.3) is 6.08 Å². The number of allylic oxidation sites excluding steroid dienone is 1. The maximum atomic E-state index is 13.8. The number of hydrogen-bond acceptors (Lipinski definition) is 8. The van der Waals surface area contributed by atoms with Gasteiger partial charge in [0.1, 0.15) is 0 Å². The van der Waals surface area contributed by atoms with E-state index >= 15 is 0 Å². The minimum Gasteiger partial charge on any atom is -0.463 e. The van der Waals surface area contributed by atoms with Crippen molar-refractivity contribution < 1.29 is 14.3 Å². The lowest BCUT2D eigenvalue weighted by molar-refractivity contribution is -0.139. The van der Waals surface area contributed by atoms with Crippen molar-refractivity contribution in [2.24, 2.45) is 4.99 Å². The topological polar surface area (TPSA) is 76.4 Å². The highest BCUT2D eigenvalue weighted by Crippen LogP contribution is 2.31. The first-order chi connectivity index (χ1) is 18.4. The van der Waals surface area contributed by atoms with Crippen LogP contribution in [0.2, 0.25) is 0 Å². The summed E-state index contributed by atoms with van der Waals surface area (Å²) in [6.07, 6.45) is 1.89. The normalized spacial score (nSPS) is 17.7. The van der Waals surface area contributed by atoms with Gasteiger partial charge in [-0.15, -0.1) is 0 Å². The van der Waals surface area contributed by atoms with Gasteiger partial charge >= 0.3 is 5.97 Å². The summed E-state index contributed by atoms with van der Waals surface area (Å²) in [6, 6.07) is 15.5. The molecule has 5 rings (SSSR count). The van der Waals surface area contributed by atoms with Crippen molar-refractivity contribution in [2.45, 2.75) is 19.9 Å². The predicted molar refractivity (Wildman–Crippen MR) is 151 cm³/mol. The Morgan fingerprint density at radius 2 is 1.82 bits per heavy atom. The fourth-order valence-electron chi connectivity index (χ4n) is 4.82. The Labute approximate surface area is 225 Å². The van der Waals surface area contributed by atoms with E-state index in [1.165, 1.54) is 11.3 Å². The zero-order valence-electron chi connectivity index (χ0n) is 22.1. The van der Waals surface area contributed by atoms with Crippen LogP contribution in [0.4, 0.5) is 11.4 Å². The van der Waals surface area contributed by atoms with Gasteiger partial charge in [-0.1, -0.05) is 35.6 Å². The van der Waals surface area contributed by atoms with Gasteiger partial charge in [0.15, 0.2) is 4.80 Å². The van der Waals surface area contributed by atoms with Crippen molar-refractivity contribution in [3.8, 4) is 0 Å². The van der Waals surface area contributed by atoms with Crippen LogP contribution in [-0.4, -0.2) is 57.5 Å². The van der Waals surface area contributed by atoms with Crippen LogP contribution in [0, 0.1) is 0 Å². The number of carbonyl (C=O) groups is 1. The van der Waals surface area contributed by atoms with E-state index in [2.05, 4.69) is 22.0 Å². The molecule has 1 aromatic heterocycles. The molecule has 0 aliphatic carbocycles. The number of hydrogen-bond donors (Lipinski definition) is 0. The maximum absolute atomic E-state index is 13.8. The second-order valence-corrected chi connectivity index (χ2v) is 10.5. The first kappa shape index (κ1) is 25.9. The molecule has 0 radical (unpaired) electrons. The Balaban J connectivity index is 1.58. The standard InChI is InChI=1S/C29H32N4O4S/c1-5-37-28(35)25-19(2)30-29-33(26(25)21-8-12-22(13-9-21)31(3)4)27(34)24(38-29)18-20-6-10-23(11-7-20)32-14-16-36-17-15-32/h6-13,18,26H,5,14-17H2,1-4H3/b24-18+/t26-/m1/s1. The van der Waals surface area contributed by atoms with Gasteiger partial charge < -0.3 is 19.3 Å². The molecular formula is C29H32N4O4S. The third-order valence-corrected chi connectivity index (χ3v) is 7.79. The summed E-state index contributed by atoms with van der Waals surface area (Å²) in [5.41, 5.74) is 4.70. The zero-order chi connectivity index (χ0) is 26.8. The molecule has 0 amide bonds. The molecule has 2 aliphatic rings. The van der Waals surface area contributed by atoms with Crippen molar-refractivity contribution in [1.82, 2.24) is 4.57 Å². The highest BCUT2D eigenvalue weighted by Gasteiger charge is 2.33. The van der Waals surface area contributed by atoms with E-state index in [0.717, 1.165) is 48.8 Å². The molecule has 0 saturated carbocycles. The maximum Gasteiger partial charge on any atom is 0.338 e. The quantitative estimate of drug-likeness (QED) is 0.455. The molecule has 8 nitrogen and oxygen atoms in total. The average Bonchev–Trinajstić information content (AvgIpc) is 3.23. The number of morpholine rings is 1. The van der Waals surface area contributed by atoms with Gasteiger partial charge in [0, 0.05) is 38.6 Å². The SMILES string of the molecule is CCOC(=O)C1=C(C)N=c2s/c(=C/c3ccc(N4CCOCC4)cc3)c(=O)n2[C@@H]1c1ccc(N(C)C)cc1. The summed E-state index contributed by atoms with van der Waals surface area (Å²) in [6.45, 7) is 7.02. The number of nitrogens with zero attached hydrogens (tertiary/aromatic N) is 4. The highest BCUT2D eigenvalue weighted by molar-refractivity contribution is 7.07. The van der Waals surface area contributed by atoms with E-state index in [9.17, 15) is 9.59 Å². The number of ether oxygens (including phenoxy) is 2. The monoisotopic (exact) mass is 532 g/mol. The third kappa shape index (κ3) is 5.04. The summed E-state index contributed by atoms with van der Waals surface area (Å²) >= 11 is 1.33. The summed E-state index contributed by atoms with van der Waals surface area (Å²) in [7, 11) is 3.94. The van der Waals surface area contributed by atoms with Crippen molar-refractivity contribution in [2.75, 3.05) is 56.8 Å². The number of fused-ring (bicyclic) bond motifs is 1. The van der Waals surface area contributed by atoms with E-state index in [4.69, 9.17) is 9.47 Å². The van der Waals surface area contributed by atoms with E-state index in [1.54, 1.807) is 18.4 Å². The van der Waals surface area contributed by atoms with E-state index in [0.29, 0.717) is 20.6 Å². The molecule has 38 heavy (non-hydrogen) atoms. The number of carbonyl (C=O) groups excluding carboxylic acids is 1. The second-order valence-electron chi connectivity index (χ2n) is 9.48. The molecule has 2 aliphatic heterocycles. The Morgan fingerprint density at radius 3 is 2.45 bits per heavy atom. The number of esters is 1. The summed E-state index contributed by atoms with van der Waals surface area (Å²) in [5, 5.41) is 0. The summed E-state index contributed by atoms with van der Waals surface area (Å²) in [5.74, 6) is -0.455. The number of rotatable bonds is 6. The average molecular weight is 533 g/mol. The Bertz CT molecular complexity index is 1530. The second kappa shape index (κ2) is 11.0. The van der Waals surface area contributed by atoms with Crippen LogP contribution < -0.4 is 24.7 Å². The van der Waals surface area contributed by atoms with Gasteiger partial charge in [-0.25, -0.2) is 9.79 Å². The first-order valence-corrected chi connectivity index (χ1v) is 13.6. The Hall–Kier alpha value is -3.69. The van der Waals surface area contributed by atoms with Crippen LogP contribution >= 0.6 is 11.3 Å². The largest absolute Gasteiger partial charge is 0.463 e. The summed E-state index contributed by atoms with van der Waals surface area (Å²) < 4.78 is 13.0. The first-order valence-electron chi connectivity index (χ1n) is 12.8. The molecule has 0 N–H and O–H groups in total. The lowest BCUT2D eigenvalue weighted by Gasteiger charge is -2.28. The minimum atomic E-state index is -0.618. The van der Waals surface area contributed by atoms with Crippen LogP contribution in [0.3, 0.4) is 0 Å². The molecule has 2 aromatic carbocycles.